The Kier molecular flexibility index (Phi) is 3.46. The largest absolute Gasteiger partial charge is 0.481 e. The number of ether oxygens (including phenoxy) is 2. The summed E-state index contributed by atoms with van der Waals surface area (Å²) >= 11 is 0. The molecule has 0 unspecified atom stereocenters. The van der Waals surface area contributed by atoms with Crippen LogP contribution in [0.5, 0.6) is 11.5 Å². The van der Waals surface area contributed by atoms with Crippen molar-refractivity contribution in [3.63, 3.8) is 0 Å². The number of anilines is 1. The normalized spacial score (nSPS) is 12.9. The molecule has 1 aromatic heterocycles. The minimum atomic E-state index is -0.834. The van der Waals surface area contributed by atoms with Gasteiger partial charge in [0.2, 0.25) is 0 Å². The number of nitrogens with one attached hydrogen (secondary N) is 1. The lowest BCUT2D eigenvalue weighted by molar-refractivity contribution is -0.118. The Balaban J connectivity index is 1.63. The molecule has 0 aliphatic carbocycles. The third kappa shape index (κ3) is 2.83. The van der Waals surface area contributed by atoms with Crippen LogP contribution < -0.4 is 20.4 Å². The first-order chi connectivity index (χ1) is 12.1. The maximum atomic E-state index is 12.3. The highest BCUT2D eigenvalue weighted by atomic mass is 16.5. The molecule has 124 valence electrons. The first-order valence-corrected chi connectivity index (χ1v) is 7.42. The molecule has 1 aliphatic rings. The van der Waals surface area contributed by atoms with Gasteiger partial charge in [0.05, 0.1) is 5.69 Å². The van der Waals surface area contributed by atoms with Crippen molar-refractivity contribution in [3.8, 4) is 11.5 Å². The van der Waals surface area contributed by atoms with Gasteiger partial charge >= 0.3 is 11.6 Å². The lowest BCUT2D eigenvalue weighted by atomic mass is 10.2. The highest BCUT2D eigenvalue weighted by Crippen LogP contribution is 2.31. The van der Waals surface area contributed by atoms with Crippen LogP contribution in [0.2, 0.25) is 0 Å². The fourth-order valence-corrected chi connectivity index (χ4v) is 2.48. The van der Waals surface area contributed by atoms with E-state index in [0.717, 1.165) is 0 Å². The van der Waals surface area contributed by atoms with Gasteiger partial charge in [-0.1, -0.05) is 18.2 Å². The average Bonchev–Trinajstić information content (AvgIpc) is 2.61. The van der Waals surface area contributed by atoms with E-state index in [0.29, 0.717) is 22.4 Å². The zero-order chi connectivity index (χ0) is 17.4. The first kappa shape index (κ1) is 14.9. The fourth-order valence-electron chi connectivity index (χ4n) is 2.48. The number of carbonyl (C=O) groups is 2. The molecule has 7 heteroatoms. The minimum Gasteiger partial charge on any atom is -0.481 e. The third-order valence-electron chi connectivity index (χ3n) is 3.66. The van der Waals surface area contributed by atoms with Gasteiger partial charge in [-0.3, -0.25) is 4.79 Å². The van der Waals surface area contributed by atoms with Crippen molar-refractivity contribution in [2.24, 2.45) is 0 Å². The predicted octanol–water partition coefficient (Wildman–Crippen LogP) is 2.34. The molecule has 0 fully saturated rings. The number of para-hydroxylation sites is 1. The first-order valence-electron chi connectivity index (χ1n) is 7.42. The Hall–Kier alpha value is -3.61. The molecule has 2 aromatic carbocycles. The monoisotopic (exact) mass is 337 g/mol. The molecule has 7 nitrogen and oxygen atoms in total. The van der Waals surface area contributed by atoms with Crippen molar-refractivity contribution in [2.75, 3.05) is 11.9 Å². The quantitative estimate of drug-likeness (QED) is 0.438. The van der Waals surface area contributed by atoms with E-state index in [-0.39, 0.29) is 23.8 Å². The van der Waals surface area contributed by atoms with E-state index in [4.69, 9.17) is 13.9 Å². The van der Waals surface area contributed by atoms with Crippen LogP contribution in [-0.4, -0.2) is 18.5 Å². The maximum Gasteiger partial charge on any atom is 0.351 e. The molecule has 25 heavy (non-hydrogen) atoms. The van der Waals surface area contributed by atoms with Gasteiger partial charge in [-0.15, -0.1) is 0 Å². The molecular weight excluding hydrogens is 326 g/mol. The van der Waals surface area contributed by atoms with Crippen LogP contribution in [0.4, 0.5) is 5.69 Å². The van der Waals surface area contributed by atoms with Crippen molar-refractivity contribution in [3.05, 3.63) is 64.5 Å². The highest BCUT2D eigenvalue weighted by molar-refractivity contribution is 5.96. The highest BCUT2D eigenvalue weighted by Gasteiger charge is 2.19. The predicted molar refractivity (Wildman–Crippen MR) is 88.0 cm³/mol. The summed E-state index contributed by atoms with van der Waals surface area (Å²) < 4.78 is 15.6. The Morgan fingerprint density at radius 1 is 1.08 bits per heavy atom. The Morgan fingerprint density at radius 3 is 2.80 bits per heavy atom. The van der Waals surface area contributed by atoms with Crippen LogP contribution in [-0.2, 0) is 4.79 Å². The van der Waals surface area contributed by atoms with E-state index in [9.17, 15) is 14.4 Å². The summed E-state index contributed by atoms with van der Waals surface area (Å²) in [6.07, 6.45) is 0. The summed E-state index contributed by atoms with van der Waals surface area (Å²) in [5.74, 6) is -0.520. The summed E-state index contributed by atoms with van der Waals surface area (Å²) in [4.78, 5) is 35.6. The van der Waals surface area contributed by atoms with Gasteiger partial charge in [0.15, 0.2) is 6.61 Å². The number of esters is 1. The molecule has 0 atom stereocenters. The maximum absolute atomic E-state index is 12.3. The van der Waals surface area contributed by atoms with Gasteiger partial charge in [-0.05, 0) is 24.3 Å². The molecule has 2 heterocycles. The van der Waals surface area contributed by atoms with Gasteiger partial charge in [-0.25, -0.2) is 9.59 Å². The standard InChI is InChI=1S/C18H11NO6/c20-16-9-23-15-8-11(5-6-13(15)19-16)24-17(21)12-7-10-3-1-2-4-14(10)25-18(12)22/h1-8H,9H2,(H,19,20). The third-order valence-corrected chi connectivity index (χ3v) is 3.66. The van der Waals surface area contributed by atoms with Gasteiger partial charge in [0.1, 0.15) is 22.6 Å². The SMILES string of the molecule is O=C1COc2cc(OC(=O)c3cc4ccccc4oc3=O)ccc2N1. The van der Waals surface area contributed by atoms with Crippen molar-refractivity contribution in [2.45, 2.75) is 0 Å². The molecule has 3 aromatic rings. The van der Waals surface area contributed by atoms with Crippen molar-refractivity contribution < 1.29 is 23.5 Å². The van der Waals surface area contributed by atoms with E-state index in [1.54, 1.807) is 30.3 Å². The number of benzene rings is 2. The van der Waals surface area contributed by atoms with Gasteiger partial charge < -0.3 is 19.2 Å². The van der Waals surface area contributed by atoms with E-state index in [1.165, 1.54) is 18.2 Å². The summed E-state index contributed by atoms with van der Waals surface area (Å²) in [7, 11) is 0. The van der Waals surface area contributed by atoms with Crippen LogP contribution >= 0.6 is 0 Å². The van der Waals surface area contributed by atoms with Crippen molar-refractivity contribution in [1.29, 1.82) is 0 Å². The van der Waals surface area contributed by atoms with E-state index in [2.05, 4.69) is 5.32 Å². The number of hydrogen-bond acceptors (Lipinski definition) is 6. The van der Waals surface area contributed by atoms with Gasteiger partial charge in [0.25, 0.3) is 5.91 Å². The second-order valence-electron chi connectivity index (χ2n) is 5.37. The zero-order valence-corrected chi connectivity index (χ0v) is 12.8. The fraction of sp³-hybridized carbons (Fsp3) is 0.0556. The van der Waals surface area contributed by atoms with E-state index in [1.807, 2.05) is 0 Å². The topological polar surface area (TPSA) is 94.8 Å². The number of rotatable bonds is 2. The summed E-state index contributed by atoms with van der Waals surface area (Å²) in [6, 6.07) is 12.8. The van der Waals surface area contributed by atoms with E-state index < -0.39 is 11.6 Å². The summed E-state index contributed by atoms with van der Waals surface area (Å²) in [5, 5.41) is 3.25. The number of fused-ring (bicyclic) bond motifs is 2. The Labute approximate surface area is 140 Å². The van der Waals surface area contributed by atoms with Gasteiger partial charge in [-0.2, -0.15) is 0 Å². The van der Waals surface area contributed by atoms with Gasteiger partial charge in [0, 0.05) is 11.5 Å². The zero-order valence-electron chi connectivity index (χ0n) is 12.8. The second-order valence-corrected chi connectivity index (χ2v) is 5.37. The van der Waals surface area contributed by atoms with Crippen LogP contribution in [0.3, 0.4) is 0 Å². The van der Waals surface area contributed by atoms with Crippen LogP contribution in [0, 0.1) is 0 Å². The molecule has 1 N–H and O–H groups in total. The van der Waals surface area contributed by atoms with Crippen LogP contribution in [0.25, 0.3) is 11.0 Å². The molecule has 4 rings (SSSR count). The van der Waals surface area contributed by atoms with Crippen molar-refractivity contribution >= 4 is 28.5 Å². The summed E-state index contributed by atoms with van der Waals surface area (Å²) in [6.45, 7) is -0.112. The molecule has 1 amide bonds. The second kappa shape index (κ2) is 5.79. The molecule has 0 spiro atoms. The van der Waals surface area contributed by atoms with Crippen LogP contribution in [0.1, 0.15) is 10.4 Å². The molecule has 1 aliphatic heterocycles. The smallest absolute Gasteiger partial charge is 0.351 e. The lowest BCUT2D eigenvalue weighted by Crippen LogP contribution is -2.25. The lowest BCUT2D eigenvalue weighted by Gasteiger charge is -2.18. The van der Waals surface area contributed by atoms with E-state index >= 15 is 0 Å². The number of hydrogen-bond donors (Lipinski definition) is 1. The summed E-state index contributed by atoms with van der Waals surface area (Å²) in [5.41, 5.74) is -0.0981. The Morgan fingerprint density at radius 2 is 1.92 bits per heavy atom. The van der Waals surface area contributed by atoms with Crippen LogP contribution in [0.15, 0.2) is 57.7 Å². The molecule has 0 radical (unpaired) electrons. The average molecular weight is 337 g/mol. The number of carbonyl (C=O) groups excluding carboxylic acids is 2. The molecule has 0 saturated carbocycles. The molecule has 0 bridgehead atoms. The van der Waals surface area contributed by atoms with Crippen molar-refractivity contribution in [1.82, 2.24) is 0 Å². The molecule has 0 saturated heterocycles. The minimum absolute atomic E-state index is 0.112. The molecular formula is C18H11NO6. The number of amides is 1. The Bertz CT molecular complexity index is 1070.